The highest BCUT2D eigenvalue weighted by molar-refractivity contribution is 7.94. The molecule has 0 aliphatic rings. The molecule has 1 aromatic carbocycles. The molecule has 1 aromatic rings. The fourth-order valence-corrected chi connectivity index (χ4v) is 10.7. The highest BCUT2D eigenvalue weighted by atomic mass is 32.2. The number of aryl methyl sites for hydroxylation is 2. The van der Waals surface area contributed by atoms with Crippen LogP contribution >= 0.6 is 9.24 Å². The molecule has 0 heterocycles. The predicted molar refractivity (Wildman–Crippen MR) is 109 cm³/mol. The Morgan fingerprint density at radius 3 is 1.62 bits per heavy atom. The van der Waals surface area contributed by atoms with Crippen molar-refractivity contribution in [2.45, 2.75) is 76.9 Å². The van der Waals surface area contributed by atoms with E-state index in [-0.39, 0.29) is 5.49 Å². The van der Waals surface area contributed by atoms with E-state index < -0.39 is 18.2 Å². The normalized spacial score (nSPS) is 13.2. The summed E-state index contributed by atoms with van der Waals surface area (Å²) >= 11 is 0. The van der Waals surface area contributed by atoms with E-state index >= 15 is 0 Å². The average molecular weight is 389 g/mol. The first-order valence-electron chi connectivity index (χ1n) is 8.63. The first-order valence-corrected chi connectivity index (χ1v) is 13.2. The minimum absolute atomic E-state index is 0.0365. The zero-order chi connectivity index (χ0) is 18.9. The van der Waals surface area contributed by atoms with Crippen LogP contribution in [0.4, 0.5) is 0 Å². The van der Waals surface area contributed by atoms with E-state index in [9.17, 15) is 8.42 Å². The number of rotatable bonds is 7. The van der Waals surface area contributed by atoms with Crippen molar-refractivity contribution in [2.24, 2.45) is 0 Å². The van der Waals surface area contributed by atoms with Crippen LogP contribution in [0.3, 0.4) is 0 Å². The van der Waals surface area contributed by atoms with Gasteiger partial charge in [-0.2, -0.15) is 0 Å². The second-order valence-corrected chi connectivity index (χ2v) is 16.0. The quantitative estimate of drug-likeness (QED) is 0.460. The summed E-state index contributed by atoms with van der Waals surface area (Å²) < 4.78 is 31.1. The topological polar surface area (TPSA) is 43.4 Å². The maximum atomic E-state index is 12.2. The molecule has 0 spiro atoms. The first-order chi connectivity index (χ1) is 10.9. The lowest BCUT2D eigenvalue weighted by Gasteiger charge is -2.43. The summed E-state index contributed by atoms with van der Waals surface area (Å²) in [5.41, 5.74) is 3.29. The number of hydrogen-bond donors (Lipinski definition) is 0. The summed E-state index contributed by atoms with van der Waals surface area (Å²) in [5.74, 6) is 0.875. The fourth-order valence-electron chi connectivity index (χ4n) is 3.88. The molecule has 3 nitrogen and oxygen atoms in total. The van der Waals surface area contributed by atoms with E-state index in [4.69, 9.17) is 4.43 Å². The smallest absolute Gasteiger partial charge is 0.258 e. The molecule has 0 radical (unpaired) electrons. The average Bonchev–Trinajstić information content (AvgIpc) is 2.45. The summed E-state index contributed by atoms with van der Waals surface area (Å²) in [4.78, 5) is 0.380. The molecule has 0 bridgehead atoms. The van der Waals surface area contributed by atoms with Gasteiger partial charge in [0.1, 0.15) is 5.75 Å². The Bertz CT molecular complexity index is 637. The highest BCUT2D eigenvalue weighted by Gasteiger charge is 2.47. The van der Waals surface area contributed by atoms with Gasteiger partial charge < -0.3 is 4.43 Å². The van der Waals surface area contributed by atoms with Crippen molar-refractivity contribution < 1.29 is 12.8 Å². The van der Waals surface area contributed by atoms with E-state index in [0.717, 1.165) is 16.9 Å². The van der Waals surface area contributed by atoms with Gasteiger partial charge in [-0.25, -0.2) is 8.42 Å². The van der Waals surface area contributed by atoms with Crippen molar-refractivity contribution >= 4 is 27.4 Å². The number of benzene rings is 1. The Morgan fingerprint density at radius 2 is 1.33 bits per heavy atom. The molecule has 0 aliphatic carbocycles. The third-order valence-corrected chi connectivity index (χ3v) is 13.7. The molecule has 0 saturated heterocycles. The van der Waals surface area contributed by atoms with Gasteiger partial charge in [-0.05, 0) is 53.7 Å². The lowest BCUT2D eigenvalue weighted by molar-refractivity contribution is 0.473. The Balaban J connectivity index is 3.47. The van der Waals surface area contributed by atoms with E-state index in [1.54, 1.807) is 12.1 Å². The molecule has 0 saturated carbocycles. The Hall–Kier alpha value is -0.383. The van der Waals surface area contributed by atoms with Gasteiger partial charge in [0.05, 0.1) is 10.4 Å². The summed E-state index contributed by atoms with van der Waals surface area (Å²) in [7, 11) is -2.99. The maximum absolute atomic E-state index is 12.2. The molecule has 0 fully saturated rings. The van der Waals surface area contributed by atoms with Crippen LogP contribution in [-0.4, -0.2) is 22.2 Å². The van der Waals surface area contributed by atoms with Crippen LogP contribution in [0.1, 0.15) is 52.7 Å². The van der Waals surface area contributed by atoms with Crippen LogP contribution in [-0.2, 0) is 9.84 Å². The van der Waals surface area contributed by atoms with E-state index in [2.05, 4.69) is 50.8 Å². The van der Waals surface area contributed by atoms with Crippen LogP contribution in [0, 0.1) is 13.8 Å². The number of sulfone groups is 1. The Labute approximate surface area is 151 Å². The SMILES string of the molecule is Cc1cc(S(=O)(=O)CP)cc(C)c1O[Si](C(C)C)(C(C)C)C(C)C. The van der Waals surface area contributed by atoms with E-state index in [1.807, 2.05) is 13.8 Å². The third-order valence-electron chi connectivity index (χ3n) is 5.00. The molecule has 1 atom stereocenters. The second kappa shape index (κ2) is 7.88. The molecule has 0 N–H and O–H groups in total. The van der Waals surface area contributed by atoms with Crippen molar-refractivity contribution in [3.63, 3.8) is 0 Å². The number of hydrogen-bond acceptors (Lipinski definition) is 3. The fraction of sp³-hybridized carbons (Fsp3) is 0.667. The summed E-state index contributed by atoms with van der Waals surface area (Å²) in [6.45, 7) is 17.4. The van der Waals surface area contributed by atoms with E-state index in [1.165, 1.54) is 0 Å². The van der Waals surface area contributed by atoms with Crippen molar-refractivity contribution in [1.82, 2.24) is 0 Å². The molecule has 0 aliphatic heterocycles. The van der Waals surface area contributed by atoms with Gasteiger partial charge in [-0.15, -0.1) is 9.24 Å². The van der Waals surface area contributed by atoms with Crippen molar-refractivity contribution in [3.05, 3.63) is 23.3 Å². The first kappa shape index (κ1) is 21.7. The molecule has 0 aromatic heterocycles. The summed E-state index contributed by atoms with van der Waals surface area (Å²) in [5, 5.41) is 0. The van der Waals surface area contributed by atoms with Crippen molar-refractivity contribution in [1.29, 1.82) is 0 Å². The third kappa shape index (κ3) is 4.05. The zero-order valence-electron chi connectivity index (χ0n) is 16.3. The van der Waals surface area contributed by atoms with Crippen LogP contribution in [0.2, 0.25) is 16.6 Å². The maximum Gasteiger partial charge on any atom is 0.258 e. The molecule has 1 rings (SSSR count). The van der Waals surface area contributed by atoms with Crippen molar-refractivity contribution in [3.8, 4) is 5.75 Å². The minimum Gasteiger partial charge on any atom is -0.542 e. The predicted octanol–water partition coefficient (Wildman–Crippen LogP) is 5.46. The largest absolute Gasteiger partial charge is 0.542 e. The Kier molecular flexibility index (Phi) is 7.11. The molecule has 0 amide bonds. The van der Waals surface area contributed by atoms with Gasteiger partial charge in [0, 0.05) is 0 Å². The van der Waals surface area contributed by atoms with Gasteiger partial charge in [0.2, 0.25) is 0 Å². The standard InChI is InChI=1S/C18H33O3PSSi/c1-12(2)24(13(3)4,14(5)6)21-18-15(7)9-17(10-16(18)8)23(19,20)11-22/h9-10,12-14H,11,22H2,1-8H3. The molecule has 1 unspecified atom stereocenters. The van der Waals surface area contributed by atoms with Gasteiger partial charge in [0.25, 0.3) is 8.32 Å². The second-order valence-electron chi connectivity index (χ2n) is 7.59. The minimum atomic E-state index is -3.23. The highest BCUT2D eigenvalue weighted by Crippen LogP contribution is 2.44. The molecular formula is C18H33O3PSSi. The van der Waals surface area contributed by atoms with Crippen molar-refractivity contribution in [2.75, 3.05) is 5.49 Å². The van der Waals surface area contributed by atoms with Gasteiger partial charge in [0.15, 0.2) is 9.84 Å². The van der Waals surface area contributed by atoms with Gasteiger partial charge >= 0.3 is 0 Å². The van der Waals surface area contributed by atoms with Crippen LogP contribution in [0.15, 0.2) is 17.0 Å². The van der Waals surface area contributed by atoms with Crippen LogP contribution in [0.25, 0.3) is 0 Å². The van der Waals surface area contributed by atoms with Crippen LogP contribution in [0.5, 0.6) is 5.75 Å². The summed E-state index contributed by atoms with van der Waals surface area (Å²) in [6, 6.07) is 3.50. The zero-order valence-corrected chi connectivity index (χ0v) is 19.3. The molecule has 138 valence electrons. The lowest BCUT2D eigenvalue weighted by Crippen LogP contribution is -2.51. The van der Waals surface area contributed by atoms with Crippen LogP contribution < -0.4 is 4.43 Å². The monoisotopic (exact) mass is 388 g/mol. The molecular weight excluding hydrogens is 355 g/mol. The van der Waals surface area contributed by atoms with Gasteiger partial charge in [-0.3, -0.25) is 0 Å². The summed E-state index contributed by atoms with van der Waals surface area (Å²) in [6.07, 6.45) is 0. The Morgan fingerprint density at radius 1 is 0.958 bits per heavy atom. The molecule has 6 heteroatoms. The van der Waals surface area contributed by atoms with Gasteiger partial charge in [-0.1, -0.05) is 41.5 Å². The molecule has 24 heavy (non-hydrogen) atoms. The van der Waals surface area contributed by atoms with E-state index in [0.29, 0.717) is 21.5 Å². The lowest BCUT2D eigenvalue weighted by atomic mass is 10.1.